The molecule has 1 amide bonds. The Labute approximate surface area is 177 Å². The van der Waals surface area contributed by atoms with Gasteiger partial charge in [-0.15, -0.1) is 0 Å². The predicted molar refractivity (Wildman–Crippen MR) is 116 cm³/mol. The Kier molecular flexibility index (Phi) is 5.97. The van der Waals surface area contributed by atoms with Crippen LogP contribution in [-0.2, 0) is 34.3 Å². The minimum Gasteiger partial charge on any atom is -0.337 e. The molecule has 0 bridgehead atoms. The molecule has 0 spiro atoms. The monoisotopic (exact) mass is 420 g/mol. The molecule has 1 aliphatic heterocycles. The van der Waals surface area contributed by atoms with Crippen LogP contribution in [-0.4, -0.2) is 36.6 Å². The summed E-state index contributed by atoms with van der Waals surface area (Å²) in [6, 6.07) is 25.7. The van der Waals surface area contributed by atoms with Crippen molar-refractivity contribution < 1.29 is 13.2 Å². The van der Waals surface area contributed by atoms with E-state index in [2.05, 4.69) is 6.07 Å². The van der Waals surface area contributed by atoms with Crippen LogP contribution in [0.4, 0.5) is 0 Å². The molecule has 30 heavy (non-hydrogen) atoms. The number of benzene rings is 3. The van der Waals surface area contributed by atoms with Crippen molar-refractivity contribution in [1.82, 2.24) is 9.21 Å². The second kappa shape index (κ2) is 8.81. The summed E-state index contributed by atoms with van der Waals surface area (Å²) in [5, 5.41) is 0. The Morgan fingerprint density at radius 3 is 2.13 bits per heavy atom. The van der Waals surface area contributed by atoms with Crippen molar-refractivity contribution in [2.24, 2.45) is 0 Å². The van der Waals surface area contributed by atoms with Gasteiger partial charge in [-0.25, -0.2) is 8.42 Å². The summed E-state index contributed by atoms with van der Waals surface area (Å²) in [5.74, 6) is -0.181. The lowest BCUT2D eigenvalue weighted by Gasteiger charge is -2.31. The smallest absolute Gasteiger partial charge is 0.243 e. The summed E-state index contributed by atoms with van der Waals surface area (Å²) >= 11 is 0. The maximum absolute atomic E-state index is 13.3. The molecule has 5 nitrogen and oxygen atoms in total. The third kappa shape index (κ3) is 4.45. The van der Waals surface area contributed by atoms with E-state index in [0.717, 1.165) is 17.5 Å². The normalized spacial score (nSPS) is 13.8. The van der Waals surface area contributed by atoms with Crippen molar-refractivity contribution >= 4 is 15.9 Å². The van der Waals surface area contributed by atoms with E-state index in [1.165, 1.54) is 9.87 Å². The summed E-state index contributed by atoms with van der Waals surface area (Å²) in [7, 11) is -3.81. The van der Waals surface area contributed by atoms with E-state index < -0.39 is 10.0 Å². The van der Waals surface area contributed by atoms with E-state index in [0.29, 0.717) is 13.1 Å². The van der Waals surface area contributed by atoms with Gasteiger partial charge in [0.15, 0.2) is 0 Å². The fourth-order valence-electron chi connectivity index (χ4n) is 3.71. The summed E-state index contributed by atoms with van der Waals surface area (Å²) in [4.78, 5) is 15.0. The van der Waals surface area contributed by atoms with Crippen molar-refractivity contribution in [3.8, 4) is 0 Å². The van der Waals surface area contributed by atoms with Gasteiger partial charge in [-0.2, -0.15) is 4.31 Å². The number of amides is 1. The summed E-state index contributed by atoms with van der Waals surface area (Å²) < 4.78 is 27.9. The van der Waals surface area contributed by atoms with E-state index >= 15 is 0 Å². The van der Waals surface area contributed by atoms with Gasteiger partial charge < -0.3 is 4.90 Å². The topological polar surface area (TPSA) is 57.7 Å². The standard InChI is InChI=1S/C24H24N2O3S/c27-24(25-16-15-21-11-7-8-12-22(21)18-25)19-26(17-20-9-3-1-4-10-20)30(28,29)23-13-5-2-6-14-23/h1-14H,15-19H2. The number of hydrogen-bond donors (Lipinski definition) is 0. The van der Waals surface area contributed by atoms with Crippen molar-refractivity contribution in [2.45, 2.75) is 24.4 Å². The molecular formula is C24H24N2O3S. The number of sulfonamides is 1. The van der Waals surface area contributed by atoms with E-state index in [1.54, 1.807) is 35.2 Å². The van der Waals surface area contributed by atoms with Gasteiger partial charge in [-0.1, -0.05) is 72.8 Å². The zero-order valence-corrected chi connectivity index (χ0v) is 17.5. The second-order valence-corrected chi connectivity index (χ2v) is 9.34. The molecule has 0 saturated carbocycles. The quantitative estimate of drug-likeness (QED) is 0.614. The Bertz CT molecular complexity index is 1120. The fraction of sp³-hybridized carbons (Fsp3) is 0.208. The molecule has 0 N–H and O–H groups in total. The lowest BCUT2D eigenvalue weighted by atomic mass is 10.00. The molecule has 1 heterocycles. The van der Waals surface area contributed by atoms with Gasteiger partial charge in [-0.05, 0) is 35.2 Å². The second-order valence-electron chi connectivity index (χ2n) is 7.41. The molecule has 0 fully saturated rings. The Balaban J connectivity index is 1.58. The maximum Gasteiger partial charge on any atom is 0.243 e. The van der Waals surface area contributed by atoms with Crippen molar-refractivity contribution in [3.05, 3.63) is 102 Å². The molecule has 0 aromatic heterocycles. The molecule has 3 aromatic carbocycles. The van der Waals surface area contributed by atoms with Gasteiger partial charge in [0, 0.05) is 19.6 Å². The number of nitrogens with zero attached hydrogens (tertiary/aromatic N) is 2. The molecule has 4 rings (SSSR count). The van der Waals surface area contributed by atoms with Crippen molar-refractivity contribution in [1.29, 1.82) is 0 Å². The summed E-state index contributed by atoms with van der Waals surface area (Å²) in [5.41, 5.74) is 3.21. The first kappa shape index (κ1) is 20.3. The van der Waals surface area contributed by atoms with Crippen LogP contribution in [0, 0.1) is 0 Å². The zero-order valence-electron chi connectivity index (χ0n) is 16.6. The molecular weight excluding hydrogens is 396 g/mol. The lowest BCUT2D eigenvalue weighted by Crippen LogP contribution is -2.44. The SMILES string of the molecule is O=C(CN(Cc1ccccc1)S(=O)(=O)c1ccccc1)N1CCc2ccccc2C1. The highest BCUT2D eigenvalue weighted by Crippen LogP contribution is 2.21. The third-order valence-corrected chi connectivity index (χ3v) is 7.18. The van der Waals surface area contributed by atoms with Gasteiger partial charge in [0.1, 0.15) is 0 Å². The van der Waals surface area contributed by atoms with Gasteiger partial charge >= 0.3 is 0 Å². The van der Waals surface area contributed by atoms with Crippen LogP contribution in [0.25, 0.3) is 0 Å². The molecule has 6 heteroatoms. The molecule has 3 aromatic rings. The Morgan fingerprint density at radius 1 is 0.833 bits per heavy atom. The van der Waals surface area contributed by atoms with E-state index in [4.69, 9.17) is 0 Å². The van der Waals surface area contributed by atoms with Crippen LogP contribution in [0.5, 0.6) is 0 Å². The highest BCUT2D eigenvalue weighted by molar-refractivity contribution is 7.89. The molecule has 154 valence electrons. The Hall–Kier alpha value is -2.96. The van der Waals surface area contributed by atoms with Crippen LogP contribution in [0.15, 0.2) is 89.8 Å². The number of hydrogen-bond acceptors (Lipinski definition) is 3. The van der Waals surface area contributed by atoms with Crippen LogP contribution in [0.1, 0.15) is 16.7 Å². The number of carbonyl (C=O) groups is 1. The number of carbonyl (C=O) groups excluding carboxylic acids is 1. The highest BCUT2D eigenvalue weighted by Gasteiger charge is 2.29. The number of fused-ring (bicyclic) bond motifs is 1. The minimum absolute atomic E-state index is 0.147. The van der Waals surface area contributed by atoms with Crippen molar-refractivity contribution in [2.75, 3.05) is 13.1 Å². The number of rotatable bonds is 6. The first-order valence-electron chi connectivity index (χ1n) is 9.98. The predicted octanol–water partition coefficient (Wildman–Crippen LogP) is 3.46. The first-order chi connectivity index (χ1) is 14.5. The molecule has 0 saturated heterocycles. The summed E-state index contributed by atoms with van der Waals surface area (Å²) in [6.45, 7) is 1.07. The third-order valence-electron chi connectivity index (χ3n) is 5.38. The fourth-order valence-corrected chi connectivity index (χ4v) is 5.11. The van der Waals surface area contributed by atoms with Crippen LogP contribution >= 0.6 is 0 Å². The van der Waals surface area contributed by atoms with Crippen LogP contribution < -0.4 is 0 Å². The molecule has 1 aliphatic rings. The minimum atomic E-state index is -3.81. The van der Waals surface area contributed by atoms with Gasteiger partial charge in [-0.3, -0.25) is 4.79 Å². The Morgan fingerprint density at radius 2 is 1.43 bits per heavy atom. The zero-order chi connectivity index (χ0) is 21.0. The van der Waals surface area contributed by atoms with E-state index in [9.17, 15) is 13.2 Å². The molecule has 0 unspecified atom stereocenters. The van der Waals surface area contributed by atoms with E-state index in [1.807, 2.05) is 48.5 Å². The molecule has 0 radical (unpaired) electrons. The average Bonchev–Trinajstić information content (AvgIpc) is 2.79. The van der Waals surface area contributed by atoms with E-state index in [-0.39, 0.29) is 23.9 Å². The van der Waals surface area contributed by atoms with Gasteiger partial charge in [0.2, 0.25) is 15.9 Å². The molecule has 0 aliphatic carbocycles. The summed E-state index contributed by atoms with van der Waals surface area (Å²) in [6.07, 6.45) is 0.784. The molecule has 0 atom stereocenters. The maximum atomic E-state index is 13.3. The van der Waals surface area contributed by atoms with Gasteiger partial charge in [0.25, 0.3) is 0 Å². The lowest BCUT2D eigenvalue weighted by molar-refractivity contribution is -0.132. The van der Waals surface area contributed by atoms with Gasteiger partial charge in [0.05, 0.1) is 11.4 Å². The largest absolute Gasteiger partial charge is 0.337 e. The van der Waals surface area contributed by atoms with Crippen molar-refractivity contribution in [3.63, 3.8) is 0 Å². The van der Waals surface area contributed by atoms with Crippen LogP contribution in [0.2, 0.25) is 0 Å². The first-order valence-corrected chi connectivity index (χ1v) is 11.4. The van der Waals surface area contributed by atoms with Crippen LogP contribution in [0.3, 0.4) is 0 Å². The average molecular weight is 421 g/mol. The highest BCUT2D eigenvalue weighted by atomic mass is 32.2.